The second-order valence-corrected chi connectivity index (χ2v) is 6.50. The Bertz CT molecular complexity index is 677. The van der Waals surface area contributed by atoms with Gasteiger partial charge in [0.1, 0.15) is 11.6 Å². The van der Waals surface area contributed by atoms with E-state index < -0.39 is 0 Å². The Morgan fingerprint density at radius 1 is 1.14 bits per heavy atom. The molecule has 0 saturated carbocycles. The van der Waals surface area contributed by atoms with Crippen molar-refractivity contribution in [2.45, 2.75) is 37.4 Å². The van der Waals surface area contributed by atoms with E-state index in [2.05, 4.69) is 20.9 Å². The van der Waals surface area contributed by atoms with Gasteiger partial charge in [-0.3, -0.25) is 0 Å². The number of aromatic nitrogens is 2. The molecule has 2 saturated heterocycles. The zero-order chi connectivity index (χ0) is 14.4. The van der Waals surface area contributed by atoms with Crippen LogP contribution in [0.1, 0.15) is 31.0 Å². The molecule has 2 N–H and O–H groups in total. The van der Waals surface area contributed by atoms with Crippen molar-refractivity contribution < 1.29 is 4.74 Å². The lowest BCUT2D eigenvalue weighted by Gasteiger charge is -2.19. The Balaban J connectivity index is 1.78. The van der Waals surface area contributed by atoms with Crippen LogP contribution < -0.4 is 5.73 Å². The van der Waals surface area contributed by atoms with Crippen molar-refractivity contribution >= 4 is 21.7 Å². The van der Waals surface area contributed by atoms with Crippen LogP contribution >= 0.6 is 15.9 Å². The summed E-state index contributed by atoms with van der Waals surface area (Å²) in [5.74, 6) is 1.60. The molecule has 2 aliphatic heterocycles. The minimum atomic E-state index is 0.263. The summed E-state index contributed by atoms with van der Waals surface area (Å²) < 4.78 is 6.69. The topological polar surface area (TPSA) is 61.0 Å². The first-order valence-electron chi connectivity index (χ1n) is 7.26. The number of fused-ring (bicyclic) bond motifs is 2. The Morgan fingerprint density at radius 3 is 2.62 bits per heavy atom. The molecule has 5 heteroatoms. The third-order valence-electron chi connectivity index (χ3n) is 4.38. The molecule has 108 valence electrons. The van der Waals surface area contributed by atoms with Crippen molar-refractivity contribution in [1.82, 2.24) is 9.97 Å². The van der Waals surface area contributed by atoms with Crippen molar-refractivity contribution in [3.63, 3.8) is 0 Å². The van der Waals surface area contributed by atoms with E-state index >= 15 is 0 Å². The summed E-state index contributed by atoms with van der Waals surface area (Å²) >= 11 is 3.52. The summed E-state index contributed by atoms with van der Waals surface area (Å²) in [7, 11) is 0. The van der Waals surface area contributed by atoms with E-state index in [1.807, 2.05) is 30.3 Å². The van der Waals surface area contributed by atoms with Gasteiger partial charge in [-0.15, -0.1) is 0 Å². The van der Waals surface area contributed by atoms with Crippen molar-refractivity contribution in [3.8, 4) is 11.3 Å². The third-order valence-corrected chi connectivity index (χ3v) is 5.16. The number of halogens is 1. The highest BCUT2D eigenvalue weighted by atomic mass is 79.9. The molecule has 2 aromatic rings. The molecule has 4 nitrogen and oxygen atoms in total. The lowest BCUT2D eigenvalue weighted by Crippen LogP contribution is -2.18. The molecular weight excluding hydrogens is 330 g/mol. The number of nitrogens with zero attached hydrogens (tertiary/aromatic N) is 2. The molecule has 2 fully saturated rings. The molecule has 1 aromatic carbocycles. The minimum Gasteiger partial charge on any atom is -0.383 e. The summed E-state index contributed by atoms with van der Waals surface area (Å²) in [6.07, 6.45) is 3.93. The fourth-order valence-corrected chi connectivity index (χ4v) is 3.75. The molecule has 0 spiro atoms. The fourth-order valence-electron chi connectivity index (χ4n) is 3.35. The Kier molecular flexibility index (Phi) is 3.19. The summed E-state index contributed by atoms with van der Waals surface area (Å²) in [6, 6.07) is 10.1. The zero-order valence-electron chi connectivity index (χ0n) is 11.5. The van der Waals surface area contributed by atoms with Gasteiger partial charge in [0.05, 0.1) is 22.4 Å². The lowest BCUT2D eigenvalue weighted by molar-refractivity contribution is 0.0999. The van der Waals surface area contributed by atoms with Gasteiger partial charge in [0.25, 0.3) is 0 Å². The third kappa shape index (κ3) is 2.24. The van der Waals surface area contributed by atoms with Gasteiger partial charge >= 0.3 is 0 Å². The van der Waals surface area contributed by atoms with E-state index in [0.717, 1.165) is 34.4 Å². The Labute approximate surface area is 131 Å². The number of anilines is 1. The number of nitrogen functional groups attached to an aromatic ring is 1. The maximum atomic E-state index is 6.09. The molecule has 0 radical (unpaired) electrons. The van der Waals surface area contributed by atoms with Crippen LogP contribution in [0.3, 0.4) is 0 Å². The van der Waals surface area contributed by atoms with Gasteiger partial charge in [-0.1, -0.05) is 30.3 Å². The number of hydrogen-bond acceptors (Lipinski definition) is 4. The van der Waals surface area contributed by atoms with E-state index in [1.54, 1.807) is 0 Å². The summed E-state index contributed by atoms with van der Waals surface area (Å²) in [4.78, 5) is 9.29. The number of nitrogens with two attached hydrogens (primary N) is 1. The SMILES string of the molecule is Nc1nc(C2CC3CCC2O3)nc(-c2ccccc2)c1Br. The average Bonchev–Trinajstić information content (AvgIpc) is 3.13. The molecule has 2 aliphatic rings. The molecule has 4 rings (SSSR count). The van der Waals surface area contributed by atoms with E-state index in [0.29, 0.717) is 11.9 Å². The molecule has 21 heavy (non-hydrogen) atoms. The van der Waals surface area contributed by atoms with Crippen LogP contribution in [0.2, 0.25) is 0 Å². The standard InChI is InChI=1S/C16H16BrN3O/c17-13-14(9-4-2-1-3-5-9)19-16(20-15(13)18)11-8-10-6-7-12(11)21-10/h1-5,10-12H,6-8H2,(H2,18,19,20). The highest BCUT2D eigenvalue weighted by Crippen LogP contribution is 2.44. The first-order chi connectivity index (χ1) is 10.2. The van der Waals surface area contributed by atoms with Crippen LogP contribution in [-0.2, 0) is 4.74 Å². The molecule has 3 atom stereocenters. The van der Waals surface area contributed by atoms with E-state index in [4.69, 9.17) is 15.5 Å². The van der Waals surface area contributed by atoms with E-state index in [1.165, 1.54) is 6.42 Å². The lowest BCUT2D eigenvalue weighted by atomic mass is 9.88. The van der Waals surface area contributed by atoms with Gasteiger partial charge in [0.2, 0.25) is 0 Å². The maximum absolute atomic E-state index is 6.09. The van der Waals surface area contributed by atoms with Crippen molar-refractivity contribution in [1.29, 1.82) is 0 Å². The normalized spacial score (nSPS) is 27.2. The largest absolute Gasteiger partial charge is 0.383 e. The summed E-state index contributed by atoms with van der Waals surface area (Å²) in [5.41, 5.74) is 7.99. The van der Waals surface area contributed by atoms with Gasteiger partial charge in [-0.2, -0.15) is 0 Å². The predicted octanol–water partition coefficient (Wildman–Crippen LogP) is 3.52. The van der Waals surface area contributed by atoms with Crippen molar-refractivity contribution in [3.05, 3.63) is 40.6 Å². The zero-order valence-corrected chi connectivity index (χ0v) is 13.1. The molecule has 0 amide bonds. The predicted molar refractivity (Wildman–Crippen MR) is 84.8 cm³/mol. The van der Waals surface area contributed by atoms with Crippen LogP contribution in [-0.4, -0.2) is 22.2 Å². The second-order valence-electron chi connectivity index (χ2n) is 5.71. The van der Waals surface area contributed by atoms with Crippen LogP contribution in [0.15, 0.2) is 34.8 Å². The maximum Gasteiger partial charge on any atom is 0.142 e. The van der Waals surface area contributed by atoms with Crippen LogP contribution in [0.25, 0.3) is 11.3 Å². The number of rotatable bonds is 2. The van der Waals surface area contributed by atoms with Crippen LogP contribution in [0.5, 0.6) is 0 Å². The highest BCUT2D eigenvalue weighted by molar-refractivity contribution is 9.10. The second kappa shape index (κ2) is 5.07. The van der Waals surface area contributed by atoms with Gasteiger partial charge < -0.3 is 10.5 Å². The first-order valence-corrected chi connectivity index (χ1v) is 8.05. The monoisotopic (exact) mass is 345 g/mol. The quantitative estimate of drug-likeness (QED) is 0.904. The van der Waals surface area contributed by atoms with E-state index in [-0.39, 0.29) is 12.0 Å². The van der Waals surface area contributed by atoms with E-state index in [9.17, 15) is 0 Å². The van der Waals surface area contributed by atoms with Crippen molar-refractivity contribution in [2.75, 3.05) is 5.73 Å². The van der Waals surface area contributed by atoms with Gasteiger partial charge in [-0.25, -0.2) is 9.97 Å². The molecule has 2 bridgehead atoms. The van der Waals surface area contributed by atoms with Gasteiger partial charge in [0, 0.05) is 11.5 Å². The molecule has 0 aliphatic carbocycles. The Hall–Kier alpha value is -1.46. The number of ether oxygens (including phenoxy) is 1. The summed E-state index contributed by atoms with van der Waals surface area (Å²) in [6.45, 7) is 0. The Morgan fingerprint density at radius 2 is 1.95 bits per heavy atom. The van der Waals surface area contributed by atoms with Gasteiger partial charge in [-0.05, 0) is 35.2 Å². The molecule has 1 aromatic heterocycles. The highest BCUT2D eigenvalue weighted by Gasteiger charge is 2.43. The number of hydrogen-bond donors (Lipinski definition) is 1. The van der Waals surface area contributed by atoms with Crippen LogP contribution in [0.4, 0.5) is 5.82 Å². The smallest absolute Gasteiger partial charge is 0.142 e. The number of benzene rings is 1. The first kappa shape index (κ1) is 13.2. The molecular formula is C16H16BrN3O. The minimum absolute atomic E-state index is 0.263. The average molecular weight is 346 g/mol. The van der Waals surface area contributed by atoms with Crippen LogP contribution in [0, 0.1) is 0 Å². The molecule has 3 unspecified atom stereocenters. The van der Waals surface area contributed by atoms with Crippen molar-refractivity contribution in [2.24, 2.45) is 0 Å². The fraction of sp³-hybridized carbons (Fsp3) is 0.375. The van der Waals surface area contributed by atoms with Gasteiger partial charge in [0.15, 0.2) is 0 Å². The molecule has 3 heterocycles. The summed E-state index contributed by atoms with van der Waals surface area (Å²) in [5, 5.41) is 0.